The third-order valence-electron chi connectivity index (χ3n) is 3.27. The zero-order valence-electron chi connectivity index (χ0n) is 10.9. The Hall–Kier alpha value is -1.31. The van der Waals surface area contributed by atoms with Crippen molar-refractivity contribution in [2.75, 3.05) is 6.61 Å². The van der Waals surface area contributed by atoms with Crippen molar-refractivity contribution in [3.05, 3.63) is 21.9 Å². The highest BCUT2D eigenvalue weighted by atomic mass is 32.1. The molecule has 19 heavy (non-hydrogen) atoms. The molecule has 0 spiro atoms. The van der Waals surface area contributed by atoms with Crippen LogP contribution in [0.15, 0.2) is 12.1 Å². The summed E-state index contributed by atoms with van der Waals surface area (Å²) in [6.07, 6.45) is 4.87. The number of thiophene rings is 1. The van der Waals surface area contributed by atoms with E-state index in [9.17, 15) is 4.79 Å². The lowest BCUT2D eigenvalue weighted by molar-refractivity contribution is -0.122. The molecule has 0 aromatic carbocycles. The van der Waals surface area contributed by atoms with E-state index in [1.807, 2.05) is 12.1 Å². The average Bonchev–Trinajstić information content (AvgIpc) is 2.80. The Labute approximate surface area is 118 Å². The van der Waals surface area contributed by atoms with Crippen LogP contribution in [0.4, 0.5) is 0 Å². The first-order chi connectivity index (χ1) is 9.28. The standard InChI is InChI=1S/C15H19NO2S/c17-9-2-1-6-13-7-8-14(19-13)11-16-15(18)10-12-4-3-5-12/h7-8,12,17H,2-5,9-11H2,(H,16,18). The second-order valence-electron chi connectivity index (χ2n) is 4.82. The molecule has 102 valence electrons. The van der Waals surface area contributed by atoms with Gasteiger partial charge in [-0.1, -0.05) is 18.3 Å². The highest BCUT2D eigenvalue weighted by Gasteiger charge is 2.20. The zero-order valence-corrected chi connectivity index (χ0v) is 11.8. The number of aliphatic hydroxyl groups excluding tert-OH is 1. The minimum atomic E-state index is 0.0997. The first-order valence-corrected chi connectivity index (χ1v) is 7.54. The van der Waals surface area contributed by atoms with E-state index in [1.54, 1.807) is 11.3 Å². The SMILES string of the molecule is O=C(CC1CCC1)NCc1ccc(C#CCCO)s1. The molecule has 2 rings (SSSR count). The first-order valence-electron chi connectivity index (χ1n) is 6.73. The van der Waals surface area contributed by atoms with E-state index in [0.717, 1.165) is 9.75 Å². The summed E-state index contributed by atoms with van der Waals surface area (Å²) in [4.78, 5) is 13.8. The molecule has 0 radical (unpaired) electrons. The minimum Gasteiger partial charge on any atom is -0.395 e. The fourth-order valence-electron chi connectivity index (χ4n) is 1.96. The average molecular weight is 277 g/mol. The Morgan fingerprint density at radius 3 is 3.00 bits per heavy atom. The number of nitrogens with one attached hydrogen (secondary N) is 1. The van der Waals surface area contributed by atoms with Crippen molar-refractivity contribution >= 4 is 17.2 Å². The van der Waals surface area contributed by atoms with Gasteiger partial charge in [0.15, 0.2) is 0 Å². The summed E-state index contributed by atoms with van der Waals surface area (Å²) >= 11 is 1.59. The summed E-state index contributed by atoms with van der Waals surface area (Å²) in [5.41, 5.74) is 0. The van der Waals surface area contributed by atoms with Crippen molar-refractivity contribution in [2.45, 2.75) is 38.6 Å². The van der Waals surface area contributed by atoms with Gasteiger partial charge in [-0.05, 0) is 30.9 Å². The molecule has 0 unspecified atom stereocenters. The normalized spacial score (nSPS) is 14.4. The lowest BCUT2D eigenvalue weighted by atomic mass is 9.83. The minimum absolute atomic E-state index is 0.0997. The smallest absolute Gasteiger partial charge is 0.220 e. The molecule has 1 heterocycles. The molecular weight excluding hydrogens is 258 g/mol. The second kappa shape index (κ2) is 7.32. The summed E-state index contributed by atoms with van der Waals surface area (Å²) in [5.74, 6) is 6.67. The number of amides is 1. The second-order valence-corrected chi connectivity index (χ2v) is 5.99. The van der Waals surface area contributed by atoms with E-state index in [0.29, 0.717) is 25.3 Å². The number of rotatable bonds is 5. The first kappa shape index (κ1) is 14.1. The van der Waals surface area contributed by atoms with E-state index < -0.39 is 0 Å². The Kier molecular flexibility index (Phi) is 5.44. The maximum Gasteiger partial charge on any atom is 0.220 e. The van der Waals surface area contributed by atoms with Crippen LogP contribution >= 0.6 is 11.3 Å². The quantitative estimate of drug-likeness (QED) is 0.811. The number of hydrogen-bond acceptors (Lipinski definition) is 3. The summed E-state index contributed by atoms with van der Waals surface area (Å²) in [5, 5.41) is 11.6. The van der Waals surface area contributed by atoms with Gasteiger partial charge >= 0.3 is 0 Å². The maximum absolute atomic E-state index is 11.7. The highest BCUT2D eigenvalue weighted by molar-refractivity contribution is 7.12. The van der Waals surface area contributed by atoms with Crippen molar-refractivity contribution in [1.82, 2.24) is 5.32 Å². The molecule has 1 aromatic heterocycles. The van der Waals surface area contributed by atoms with Crippen LogP contribution in [0.25, 0.3) is 0 Å². The van der Waals surface area contributed by atoms with Gasteiger partial charge < -0.3 is 10.4 Å². The summed E-state index contributed by atoms with van der Waals surface area (Å²) < 4.78 is 0. The molecule has 0 bridgehead atoms. The highest BCUT2D eigenvalue weighted by Crippen LogP contribution is 2.29. The van der Waals surface area contributed by atoms with Crippen LogP contribution in [0, 0.1) is 17.8 Å². The summed E-state index contributed by atoms with van der Waals surface area (Å²) in [6, 6.07) is 3.96. The van der Waals surface area contributed by atoms with Crippen molar-refractivity contribution in [2.24, 2.45) is 5.92 Å². The Balaban J connectivity index is 1.73. The molecule has 1 saturated carbocycles. The molecule has 1 aliphatic rings. The predicted octanol–water partition coefficient (Wildman–Crippen LogP) is 2.29. The Morgan fingerprint density at radius 1 is 1.47 bits per heavy atom. The third-order valence-corrected chi connectivity index (χ3v) is 4.27. The lowest BCUT2D eigenvalue weighted by Crippen LogP contribution is -2.27. The van der Waals surface area contributed by atoms with Gasteiger partial charge in [0.1, 0.15) is 0 Å². The lowest BCUT2D eigenvalue weighted by Gasteiger charge is -2.24. The van der Waals surface area contributed by atoms with Crippen LogP contribution in [0.3, 0.4) is 0 Å². The summed E-state index contributed by atoms with van der Waals surface area (Å²) in [7, 11) is 0. The van der Waals surface area contributed by atoms with Crippen LogP contribution in [-0.2, 0) is 11.3 Å². The van der Waals surface area contributed by atoms with Crippen molar-refractivity contribution in [3.63, 3.8) is 0 Å². The van der Waals surface area contributed by atoms with Crippen molar-refractivity contribution < 1.29 is 9.90 Å². The van der Waals surface area contributed by atoms with Gasteiger partial charge in [-0.3, -0.25) is 4.79 Å². The topological polar surface area (TPSA) is 49.3 Å². The third kappa shape index (κ3) is 4.70. The molecule has 1 aliphatic carbocycles. The van der Waals surface area contributed by atoms with Gasteiger partial charge in [0.05, 0.1) is 18.0 Å². The predicted molar refractivity (Wildman–Crippen MR) is 76.7 cm³/mol. The van der Waals surface area contributed by atoms with Crippen LogP contribution < -0.4 is 5.32 Å². The summed E-state index contributed by atoms with van der Waals surface area (Å²) in [6.45, 7) is 0.695. The van der Waals surface area contributed by atoms with E-state index in [2.05, 4.69) is 17.2 Å². The van der Waals surface area contributed by atoms with Crippen LogP contribution in [0.5, 0.6) is 0 Å². The van der Waals surface area contributed by atoms with E-state index in [4.69, 9.17) is 5.11 Å². The molecule has 0 atom stereocenters. The van der Waals surface area contributed by atoms with E-state index in [1.165, 1.54) is 19.3 Å². The maximum atomic E-state index is 11.7. The molecule has 2 N–H and O–H groups in total. The Morgan fingerprint density at radius 2 is 2.32 bits per heavy atom. The molecular formula is C15H19NO2S. The van der Waals surface area contributed by atoms with Crippen LogP contribution in [0.1, 0.15) is 41.9 Å². The largest absolute Gasteiger partial charge is 0.395 e. The number of carbonyl (C=O) groups excluding carboxylic acids is 1. The van der Waals surface area contributed by atoms with Crippen molar-refractivity contribution in [3.8, 4) is 11.8 Å². The van der Waals surface area contributed by atoms with E-state index >= 15 is 0 Å². The van der Waals surface area contributed by atoms with Gasteiger partial charge in [-0.2, -0.15) is 0 Å². The molecule has 1 aromatic rings. The van der Waals surface area contributed by atoms with Crippen molar-refractivity contribution in [1.29, 1.82) is 0 Å². The molecule has 1 fully saturated rings. The van der Waals surface area contributed by atoms with Gasteiger partial charge in [-0.15, -0.1) is 11.3 Å². The molecule has 0 saturated heterocycles. The number of aliphatic hydroxyl groups is 1. The molecule has 4 heteroatoms. The molecule has 0 aliphatic heterocycles. The Bertz CT molecular complexity index is 480. The fourth-order valence-corrected chi connectivity index (χ4v) is 2.78. The molecule has 1 amide bonds. The van der Waals surface area contributed by atoms with Gasteiger partial charge in [-0.25, -0.2) is 0 Å². The number of carbonyl (C=O) groups is 1. The van der Waals surface area contributed by atoms with Gasteiger partial charge in [0.25, 0.3) is 0 Å². The molecule has 3 nitrogen and oxygen atoms in total. The van der Waals surface area contributed by atoms with Crippen LogP contribution in [-0.4, -0.2) is 17.6 Å². The van der Waals surface area contributed by atoms with Crippen LogP contribution in [0.2, 0.25) is 0 Å². The van der Waals surface area contributed by atoms with Gasteiger partial charge in [0.2, 0.25) is 5.91 Å². The number of hydrogen-bond donors (Lipinski definition) is 2. The van der Waals surface area contributed by atoms with E-state index in [-0.39, 0.29) is 12.5 Å². The zero-order chi connectivity index (χ0) is 13.5. The van der Waals surface area contributed by atoms with Gasteiger partial charge in [0, 0.05) is 17.7 Å². The fraction of sp³-hybridized carbons (Fsp3) is 0.533. The monoisotopic (exact) mass is 277 g/mol.